The van der Waals surface area contributed by atoms with E-state index < -0.39 is 32.3 Å². The molecule has 0 aliphatic heterocycles. The Labute approximate surface area is 117 Å². The minimum absolute atomic E-state index is 0.117. The molecule has 0 spiro atoms. The van der Waals surface area contributed by atoms with Crippen LogP contribution in [0.2, 0.25) is 5.02 Å². The summed E-state index contributed by atoms with van der Waals surface area (Å²) in [7, 11) is -4.01. The van der Waals surface area contributed by atoms with Gasteiger partial charge in [0.25, 0.3) is 0 Å². The molecule has 1 unspecified atom stereocenters. The SMILES string of the molecule is CC(C)(C)C(O)CNS(=O)(=O)c1ccc(Cl)cc1F. The molecule has 1 rings (SSSR count). The molecule has 0 saturated carbocycles. The highest BCUT2D eigenvalue weighted by molar-refractivity contribution is 7.89. The number of halogens is 2. The van der Waals surface area contributed by atoms with Crippen molar-refractivity contribution in [3.63, 3.8) is 0 Å². The molecule has 108 valence electrons. The highest BCUT2D eigenvalue weighted by Gasteiger charge is 2.25. The predicted molar refractivity (Wildman–Crippen MR) is 72.1 cm³/mol. The van der Waals surface area contributed by atoms with Crippen LogP contribution in [0.1, 0.15) is 20.8 Å². The Bertz CT molecular complexity index is 555. The summed E-state index contributed by atoms with van der Waals surface area (Å²) in [6, 6.07) is 3.30. The zero-order valence-corrected chi connectivity index (χ0v) is 12.5. The predicted octanol–water partition coefficient (Wildman–Crippen LogP) is 2.16. The molecule has 0 radical (unpaired) electrons. The quantitative estimate of drug-likeness (QED) is 0.895. The van der Waals surface area contributed by atoms with Gasteiger partial charge in [-0.1, -0.05) is 32.4 Å². The first kappa shape index (κ1) is 16.4. The number of aliphatic hydroxyl groups excluding tert-OH is 1. The van der Waals surface area contributed by atoms with E-state index in [1.165, 1.54) is 6.07 Å². The number of benzene rings is 1. The van der Waals surface area contributed by atoms with Crippen LogP contribution in [-0.2, 0) is 10.0 Å². The molecule has 7 heteroatoms. The summed E-state index contributed by atoms with van der Waals surface area (Å²) in [6.45, 7) is 5.13. The first-order valence-corrected chi connectivity index (χ1v) is 7.53. The van der Waals surface area contributed by atoms with E-state index in [2.05, 4.69) is 4.72 Å². The Balaban J connectivity index is 2.88. The summed E-state index contributed by atoms with van der Waals surface area (Å²) in [5, 5.41) is 9.88. The van der Waals surface area contributed by atoms with E-state index in [0.717, 1.165) is 12.1 Å². The zero-order chi connectivity index (χ0) is 14.8. The van der Waals surface area contributed by atoms with Crippen molar-refractivity contribution in [1.82, 2.24) is 4.72 Å². The summed E-state index contributed by atoms with van der Waals surface area (Å²) in [5.74, 6) is -0.926. The van der Waals surface area contributed by atoms with Crippen molar-refractivity contribution in [2.75, 3.05) is 6.54 Å². The summed E-state index contributed by atoms with van der Waals surface area (Å²) in [4.78, 5) is -0.488. The van der Waals surface area contributed by atoms with E-state index in [-0.39, 0.29) is 11.6 Å². The van der Waals surface area contributed by atoms with Crippen LogP contribution >= 0.6 is 11.6 Å². The zero-order valence-electron chi connectivity index (χ0n) is 10.9. The van der Waals surface area contributed by atoms with Crippen molar-refractivity contribution in [1.29, 1.82) is 0 Å². The van der Waals surface area contributed by atoms with Gasteiger partial charge < -0.3 is 5.11 Å². The van der Waals surface area contributed by atoms with Crippen LogP contribution in [-0.4, -0.2) is 26.2 Å². The van der Waals surface area contributed by atoms with Gasteiger partial charge in [0.15, 0.2) is 0 Å². The third kappa shape index (κ3) is 4.42. The van der Waals surface area contributed by atoms with Crippen LogP contribution in [0.25, 0.3) is 0 Å². The van der Waals surface area contributed by atoms with E-state index in [9.17, 15) is 17.9 Å². The second-order valence-electron chi connectivity index (χ2n) is 5.31. The molecule has 0 saturated heterocycles. The van der Waals surface area contributed by atoms with E-state index in [1.807, 2.05) is 0 Å². The molecular formula is C12H17ClFNO3S. The molecule has 0 aromatic heterocycles. The molecular weight excluding hydrogens is 293 g/mol. The van der Waals surface area contributed by atoms with Crippen LogP contribution < -0.4 is 4.72 Å². The van der Waals surface area contributed by atoms with Crippen LogP contribution in [0.5, 0.6) is 0 Å². The molecule has 0 fully saturated rings. The Morgan fingerprint density at radius 3 is 2.47 bits per heavy atom. The largest absolute Gasteiger partial charge is 0.391 e. The Kier molecular flexibility index (Phi) is 4.95. The van der Waals surface area contributed by atoms with Crippen molar-refractivity contribution >= 4 is 21.6 Å². The van der Waals surface area contributed by atoms with Gasteiger partial charge in [0.1, 0.15) is 10.7 Å². The number of sulfonamides is 1. The lowest BCUT2D eigenvalue weighted by Crippen LogP contribution is -2.39. The lowest BCUT2D eigenvalue weighted by Gasteiger charge is -2.25. The van der Waals surface area contributed by atoms with Gasteiger partial charge in [-0.2, -0.15) is 0 Å². The van der Waals surface area contributed by atoms with Crippen molar-refractivity contribution < 1.29 is 17.9 Å². The Morgan fingerprint density at radius 2 is 2.00 bits per heavy atom. The minimum Gasteiger partial charge on any atom is -0.391 e. The van der Waals surface area contributed by atoms with Gasteiger partial charge in [-0.25, -0.2) is 17.5 Å². The first-order chi connectivity index (χ1) is 8.54. The summed E-state index contributed by atoms with van der Waals surface area (Å²) < 4.78 is 39.5. The van der Waals surface area contributed by atoms with Gasteiger partial charge in [0, 0.05) is 11.6 Å². The fourth-order valence-electron chi connectivity index (χ4n) is 1.27. The number of hydrogen-bond donors (Lipinski definition) is 2. The number of rotatable bonds is 4. The van der Waals surface area contributed by atoms with Crippen LogP contribution in [0, 0.1) is 11.2 Å². The highest BCUT2D eigenvalue weighted by atomic mass is 35.5. The van der Waals surface area contributed by atoms with E-state index >= 15 is 0 Å². The highest BCUT2D eigenvalue weighted by Crippen LogP contribution is 2.21. The number of aliphatic hydroxyl groups is 1. The molecule has 2 N–H and O–H groups in total. The maximum absolute atomic E-state index is 13.5. The second kappa shape index (κ2) is 5.75. The normalized spacial score (nSPS) is 14.4. The van der Waals surface area contributed by atoms with Crippen LogP contribution in [0.3, 0.4) is 0 Å². The Morgan fingerprint density at radius 1 is 1.42 bits per heavy atom. The van der Waals surface area contributed by atoms with Gasteiger partial charge >= 0.3 is 0 Å². The molecule has 1 aromatic carbocycles. The van der Waals surface area contributed by atoms with Gasteiger partial charge in [-0.15, -0.1) is 0 Å². The van der Waals surface area contributed by atoms with Gasteiger partial charge in [-0.05, 0) is 23.6 Å². The molecule has 1 aromatic rings. The van der Waals surface area contributed by atoms with Crippen molar-refractivity contribution in [2.45, 2.75) is 31.8 Å². The average molecular weight is 310 g/mol. The van der Waals surface area contributed by atoms with E-state index in [1.54, 1.807) is 20.8 Å². The maximum Gasteiger partial charge on any atom is 0.243 e. The number of nitrogens with one attached hydrogen (secondary N) is 1. The third-order valence-electron chi connectivity index (χ3n) is 2.65. The van der Waals surface area contributed by atoms with Gasteiger partial charge in [0.05, 0.1) is 6.10 Å². The lowest BCUT2D eigenvalue weighted by atomic mass is 9.89. The maximum atomic E-state index is 13.5. The summed E-state index contributed by atoms with van der Waals surface area (Å²) in [5.41, 5.74) is -0.471. The molecule has 0 aliphatic rings. The standard InChI is InChI=1S/C12H17ClFNO3S/c1-12(2,3)11(16)7-15-19(17,18)10-5-4-8(13)6-9(10)14/h4-6,11,15-16H,7H2,1-3H3. The van der Waals surface area contributed by atoms with Crippen LogP contribution in [0.4, 0.5) is 4.39 Å². The second-order valence-corrected chi connectivity index (χ2v) is 7.48. The minimum atomic E-state index is -4.01. The molecule has 19 heavy (non-hydrogen) atoms. The molecule has 0 heterocycles. The van der Waals surface area contributed by atoms with Crippen molar-refractivity contribution in [2.24, 2.45) is 5.41 Å². The monoisotopic (exact) mass is 309 g/mol. The summed E-state index contributed by atoms with van der Waals surface area (Å²) in [6.07, 6.45) is -0.877. The topological polar surface area (TPSA) is 66.4 Å². The lowest BCUT2D eigenvalue weighted by molar-refractivity contribution is 0.0677. The van der Waals surface area contributed by atoms with Gasteiger partial charge in [-0.3, -0.25) is 0 Å². The fourth-order valence-corrected chi connectivity index (χ4v) is 2.52. The fraction of sp³-hybridized carbons (Fsp3) is 0.500. The molecule has 1 atom stereocenters. The van der Waals surface area contributed by atoms with E-state index in [4.69, 9.17) is 11.6 Å². The molecule has 0 amide bonds. The van der Waals surface area contributed by atoms with Crippen LogP contribution in [0.15, 0.2) is 23.1 Å². The van der Waals surface area contributed by atoms with Gasteiger partial charge in [0.2, 0.25) is 10.0 Å². The Hall–Kier alpha value is -0.690. The summed E-state index contributed by atoms with van der Waals surface area (Å²) >= 11 is 5.56. The van der Waals surface area contributed by atoms with Crippen molar-refractivity contribution in [3.8, 4) is 0 Å². The van der Waals surface area contributed by atoms with E-state index in [0.29, 0.717) is 0 Å². The molecule has 0 bridgehead atoms. The van der Waals surface area contributed by atoms with Crippen molar-refractivity contribution in [3.05, 3.63) is 29.0 Å². The smallest absolute Gasteiger partial charge is 0.243 e. The average Bonchev–Trinajstić information content (AvgIpc) is 2.24. The number of hydrogen-bond acceptors (Lipinski definition) is 3. The molecule has 0 aliphatic carbocycles. The molecule has 4 nitrogen and oxygen atoms in total. The third-order valence-corrected chi connectivity index (χ3v) is 4.34. The first-order valence-electron chi connectivity index (χ1n) is 5.67.